The molecule has 10 heteroatoms. The van der Waals surface area contributed by atoms with Crippen molar-refractivity contribution in [2.75, 3.05) is 26.6 Å². The Morgan fingerprint density at radius 1 is 1.00 bits per heavy atom. The molecule has 0 unspecified atom stereocenters. The van der Waals surface area contributed by atoms with Crippen molar-refractivity contribution < 1.29 is 23.8 Å². The number of carbonyl (C=O) groups is 2. The molecule has 1 heterocycles. The van der Waals surface area contributed by atoms with E-state index >= 15 is 0 Å². The molecule has 0 spiro atoms. The van der Waals surface area contributed by atoms with Crippen molar-refractivity contribution >= 4 is 28.5 Å². The Morgan fingerprint density at radius 3 is 2.45 bits per heavy atom. The van der Waals surface area contributed by atoms with Gasteiger partial charge in [-0.3, -0.25) is 9.59 Å². The molecule has 0 atom stereocenters. The first-order valence-corrected chi connectivity index (χ1v) is 10.4. The van der Waals surface area contributed by atoms with E-state index in [1.54, 1.807) is 18.2 Å². The van der Waals surface area contributed by atoms with Crippen molar-refractivity contribution in [1.29, 1.82) is 0 Å². The molecule has 0 aliphatic heterocycles. The Kier molecular flexibility index (Phi) is 7.96. The number of fused-ring (bicyclic) bond motifs is 1. The zero-order valence-electron chi connectivity index (χ0n) is 18.8. The summed E-state index contributed by atoms with van der Waals surface area (Å²) >= 11 is 0. The van der Waals surface area contributed by atoms with Gasteiger partial charge in [0.1, 0.15) is 5.52 Å². The number of aromatic nitrogens is 3. The predicted octanol–water partition coefficient (Wildman–Crippen LogP) is 2.79. The van der Waals surface area contributed by atoms with E-state index in [0.717, 1.165) is 0 Å². The van der Waals surface area contributed by atoms with E-state index < -0.39 is 5.97 Å². The lowest BCUT2D eigenvalue weighted by Crippen LogP contribution is -2.24. The molecule has 174 valence electrons. The number of esters is 1. The zero-order chi connectivity index (χ0) is 23.8. The highest BCUT2D eigenvalue weighted by Crippen LogP contribution is 2.33. The molecule has 0 radical (unpaired) electrons. The number of amides is 1. The first-order chi connectivity index (χ1) is 16.0. The summed E-state index contributed by atoms with van der Waals surface area (Å²) in [7, 11) is 4.18. The summed E-state index contributed by atoms with van der Waals surface area (Å²) in [6, 6.07) is 10.1. The van der Waals surface area contributed by atoms with Crippen molar-refractivity contribution in [3.8, 4) is 11.5 Å². The van der Waals surface area contributed by atoms with Crippen LogP contribution in [0.5, 0.6) is 11.5 Å². The summed E-state index contributed by atoms with van der Waals surface area (Å²) in [5, 5.41) is 11.3. The predicted molar refractivity (Wildman–Crippen MR) is 122 cm³/mol. The average Bonchev–Trinajstić information content (AvgIpc) is 2.84. The molecule has 3 rings (SSSR count). The highest BCUT2D eigenvalue weighted by atomic mass is 16.5. The molecule has 0 bridgehead atoms. The van der Waals surface area contributed by atoms with Crippen LogP contribution in [0.15, 0.2) is 41.2 Å². The number of hydrogen-bond donors (Lipinski definition) is 1. The van der Waals surface area contributed by atoms with Crippen LogP contribution in [0.25, 0.3) is 10.9 Å². The topological polar surface area (TPSA) is 122 Å². The number of nitrogens with zero attached hydrogens (tertiary/aromatic N) is 3. The van der Waals surface area contributed by atoms with Crippen LogP contribution in [-0.4, -0.2) is 48.2 Å². The minimum absolute atomic E-state index is 0.165. The molecular weight excluding hydrogens is 428 g/mol. The van der Waals surface area contributed by atoms with Gasteiger partial charge in [-0.05, 0) is 25.0 Å². The number of unbranched alkanes of at least 4 members (excludes halogenated alkanes) is 2. The Labute approximate surface area is 190 Å². The van der Waals surface area contributed by atoms with Gasteiger partial charge in [0.2, 0.25) is 5.91 Å². The van der Waals surface area contributed by atoms with Crippen LogP contribution in [-0.2, 0) is 16.1 Å². The molecule has 0 fully saturated rings. The summed E-state index contributed by atoms with van der Waals surface area (Å²) in [5.41, 5.74) is 0.833. The van der Waals surface area contributed by atoms with Gasteiger partial charge in [0.05, 0.1) is 38.0 Å². The largest absolute Gasteiger partial charge is 0.493 e. The fraction of sp³-hybridized carbons (Fsp3) is 0.348. The fourth-order valence-corrected chi connectivity index (χ4v) is 3.37. The number of hydrogen-bond acceptors (Lipinski definition) is 8. The van der Waals surface area contributed by atoms with E-state index in [9.17, 15) is 14.4 Å². The van der Waals surface area contributed by atoms with Gasteiger partial charge >= 0.3 is 5.97 Å². The van der Waals surface area contributed by atoms with Gasteiger partial charge in [0.25, 0.3) is 5.56 Å². The molecule has 0 aliphatic carbocycles. The second-order valence-corrected chi connectivity index (χ2v) is 7.24. The van der Waals surface area contributed by atoms with Crippen molar-refractivity contribution in [2.45, 2.75) is 32.2 Å². The number of rotatable bonds is 10. The summed E-state index contributed by atoms with van der Waals surface area (Å²) in [4.78, 5) is 37.0. The Morgan fingerprint density at radius 2 is 1.73 bits per heavy atom. The van der Waals surface area contributed by atoms with E-state index in [-0.39, 0.29) is 29.1 Å². The minimum atomic E-state index is -0.604. The van der Waals surface area contributed by atoms with Crippen molar-refractivity contribution in [2.24, 2.45) is 0 Å². The second kappa shape index (κ2) is 11.1. The molecule has 0 saturated heterocycles. The SMILES string of the molecule is COC(=O)c1cc(OC)c(OC)cc1NC(=O)CCCCCn1nnc2ccccc2c1=O. The first-order valence-electron chi connectivity index (χ1n) is 10.4. The second-order valence-electron chi connectivity index (χ2n) is 7.24. The lowest BCUT2D eigenvalue weighted by molar-refractivity contribution is -0.116. The van der Waals surface area contributed by atoms with E-state index in [4.69, 9.17) is 14.2 Å². The number of benzene rings is 2. The average molecular weight is 454 g/mol. The molecule has 1 N–H and O–H groups in total. The first kappa shape index (κ1) is 23.7. The molecule has 1 aromatic heterocycles. The maximum absolute atomic E-state index is 12.5. The van der Waals surface area contributed by atoms with Crippen molar-refractivity contribution in [3.05, 3.63) is 52.3 Å². The zero-order valence-corrected chi connectivity index (χ0v) is 18.8. The van der Waals surface area contributed by atoms with Gasteiger partial charge in [-0.1, -0.05) is 23.8 Å². The Balaban J connectivity index is 1.55. The highest BCUT2D eigenvalue weighted by Gasteiger charge is 2.19. The molecule has 0 saturated carbocycles. The van der Waals surface area contributed by atoms with E-state index in [2.05, 4.69) is 15.6 Å². The van der Waals surface area contributed by atoms with Gasteiger partial charge in [-0.25, -0.2) is 9.48 Å². The van der Waals surface area contributed by atoms with Crippen LogP contribution in [0, 0.1) is 0 Å². The monoisotopic (exact) mass is 454 g/mol. The maximum Gasteiger partial charge on any atom is 0.340 e. The number of carbonyl (C=O) groups excluding carboxylic acids is 2. The standard InChI is InChI=1S/C23H26N4O6/c1-31-19-13-16(23(30)33-3)18(14-20(19)32-2)24-21(28)11-5-4-8-12-27-22(29)15-9-6-7-10-17(15)25-26-27/h6-7,9-10,13-14H,4-5,8,11-12H2,1-3H3,(H,24,28). The van der Waals surface area contributed by atoms with Gasteiger partial charge in [0, 0.05) is 25.1 Å². The van der Waals surface area contributed by atoms with Gasteiger partial charge in [-0.2, -0.15) is 0 Å². The van der Waals surface area contributed by atoms with Gasteiger partial charge < -0.3 is 19.5 Å². The van der Waals surface area contributed by atoms with Gasteiger partial charge in [-0.15, -0.1) is 5.10 Å². The molecule has 3 aromatic rings. The van der Waals surface area contributed by atoms with Crippen LogP contribution >= 0.6 is 0 Å². The summed E-state index contributed by atoms with van der Waals surface area (Å²) < 4.78 is 16.6. The highest BCUT2D eigenvalue weighted by molar-refractivity contribution is 6.02. The molecule has 10 nitrogen and oxygen atoms in total. The Bertz CT molecular complexity index is 1210. The lowest BCUT2D eigenvalue weighted by Gasteiger charge is -2.14. The number of methoxy groups -OCH3 is 3. The molecular formula is C23H26N4O6. The van der Waals surface area contributed by atoms with Crippen LogP contribution in [0.2, 0.25) is 0 Å². The van der Waals surface area contributed by atoms with E-state index in [1.165, 1.54) is 38.1 Å². The summed E-state index contributed by atoms with van der Waals surface area (Å²) in [6.45, 7) is 0.417. The number of nitrogens with one attached hydrogen (secondary N) is 1. The van der Waals surface area contributed by atoms with Crippen molar-refractivity contribution in [3.63, 3.8) is 0 Å². The number of ether oxygens (including phenoxy) is 3. The smallest absolute Gasteiger partial charge is 0.340 e. The van der Waals surface area contributed by atoms with Gasteiger partial charge in [0.15, 0.2) is 11.5 Å². The third kappa shape index (κ3) is 5.65. The Hall–Kier alpha value is -3.95. The van der Waals surface area contributed by atoms with Crippen LogP contribution in [0.3, 0.4) is 0 Å². The fourth-order valence-electron chi connectivity index (χ4n) is 3.37. The third-order valence-electron chi connectivity index (χ3n) is 5.11. The summed E-state index contributed by atoms with van der Waals surface area (Å²) in [6.07, 6.45) is 2.23. The normalized spacial score (nSPS) is 10.6. The van der Waals surface area contributed by atoms with Crippen LogP contribution < -0.4 is 20.3 Å². The van der Waals surface area contributed by atoms with Crippen molar-refractivity contribution in [1.82, 2.24) is 15.0 Å². The molecule has 1 amide bonds. The van der Waals surface area contributed by atoms with E-state index in [1.807, 2.05) is 6.07 Å². The molecule has 0 aliphatic rings. The van der Waals surface area contributed by atoms with Crippen LogP contribution in [0.1, 0.15) is 36.0 Å². The third-order valence-corrected chi connectivity index (χ3v) is 5.11. The van der Waals surface area contributed by atoms with Crippen LogP contribution in [0.4, 0.5) is 5.69 Å². The summed E-state index contributed by atoms with van der Waals surface area (Å²) in [5.74, 6) is -0.131. The lowest BCUT2D eigenvalue weighted by atomic mass is 10.1. The number of aryl methyl sites for hydroxylation is 1. The molecule has 33 heavy (non-hydrogen) atoms. The van der Waals surface area contributed by atoms with E-state index in [0.29, 0.717) is 48.2 Å². The minimum Gasteiger partial charge on any atom is -0.493 e. The maximum atomic E-state index is 12.5. The molecule has 2 aromatic carbocycles. The quantitative estimate of drug-likeness (QED) is 0.367. The number of anilines is 1.